The molecule has 0 aliphatic heterocycles. The number of hydrogen-bond donors (Lipinski definition) is 2. The quantitative estimate of drug-likeness (QED) is 0.707. The first-order valence-electron chi connectivity index (χ1n) is 5.16. The van der Waals surface area contributed by atoms with Crippen LogP contribution in [0.1, 0.15) is 0 Å². The average molecular weight is 229 g/mol. The van der Waals surface area contributed by atoms with Gasteiger partial charge in [0.05, 0.1) is 12.6 Å². The van der Waals surface area contributed by atoms with E-state index in [1.165, 1.54) is 0 Å². The minimum Gasteiger partial charge on any atom is -0.495 e. The van der Waals surface area contributed by atoms with E-state index in [0.717, 1.165) is 22.2 Å². The highest BCUT2D eigenvalue weighted by molar-refractivity contribution is 5.97. The lowest BCUT2D eigenvalue weighted by Gasteiger charge is -2.00. The number of aromatic nitrogens is 2. The molecule has 2 heterocycles. The minimum absolute atomic E-state index is 0.372. The predicted molar refractivity (Wildman–Crippen MR) is 64.8 cm³/mol. The van der Waals surface area contributed by atoms with Crippen LogP contribution in [0.5, 0.6) is 5.75 Å². The fourth-order valence-corrected chi connectivity index (χ4v) is 1.92. The number of aromatic amines is 1. The Morgan fingerprint density at radius 1 is 1.41 bits per heavy atom. The second-order valence-corrected chi connectivity index (χ2v) is 3.70. The molecule has 0 unspecified atom stereocenters. The van der Waals surface area contributed by atoms with Crippen LogP contribution in [0.3, 0.4) is 0 Å². The molecule has 0 spiro atoms. The Balaban J connectivity index is 2.25. The molecule has 0 fully saturated rings. The van der Waals surface area contributed by atoms with Crippen LogP contribution in [0.15, 0.2) is 35.0 Å². The van der Waals surface area contributed by atoms with Gasteiger partial charge in [0.15, 0.2) is 11.6 Å². The van der Waals surface area contributed by atoms with E-state index in [0.29, 0.717) is 11.6 Å². The molecule has 0 saturated heterocycles. The van der Waals surface area contributed by atoms with Gasteiger partial charge < -0.3 is 20.0 Å². The molecule has 1 aromatic carbocycles. The molecule has 5 nitrogen and oxygen atoms in total. The van der Waals surface area contributed by atoms with Gasteiger partial charge in [-0.15, -0.1) is 0 Å². The molecule has 0 bridgehead atoms. The molecular formula is C12H11N3O2. The molecule has 17 heavy (non-hydrogen) atoms. The molecule has 0 radical (unpaired) electrons. The van der Waals surface area contributed by atoms with Crippen molar-refractivity contribution in [2.24, 2.45) is 0 Å². The molecule has 0 aliphatic rings. The van der Waals surface area contributed by atoms with Crippen molar-refractivity contribution in [3.63, 3.8) is 0 Å². The van der Waals surface area contributed by atoms with Crippen LogP contribution in [0, 0.1) is 0 Å². The van der Waals surface area contributed by atoms with Crippen LogP contribution in [0.25, 0.3) is 22.2 Å². The lowest BCUT2D eigenvalue weighted by atomic mass is 10.1. The Hall–Kier alpha value is -2.43. The summed E-state index contributed by atoms with van der Waals surface area (Å²) in [6.07, 6.45) is 1.85. The van der Waals surface area contributed by atoms with Crippen LogP contribution < -0.4 is 10.5 Å². The first-order valence-corrected chi connectivity index (χ1v) is 5.16. The summed E-state index contributed by atoms with van der Waals surface area (Å²) in [5.74, 6) is 1.81. The van der Waals surface area contributed by atoms with Crippen molar-refractivity contribution < 1.29 is 9.26 Å². The standard InChI is InChI=1S/C12H11N3O2/c1-16-9-4-2-3-7-8(6-14-12(7)9)10-5-11(13)15-17-10/h2-6,14H,1H3,(H2,13,15). The van der Waals surface area contributed by atoms with Gasteiger partial charge in [-0.25, -0.2) is 0 Å². The fraction of sp³-hybridized carbons (Fsp3) is 0.0833. The molecule has 2 aromatic heterocycles. The molecule has 3 aromatic rings. The third kappa shape index (κ3) is 1.44. The Bertz CT molecular complexity index is 669. The van der Waals surface area contributed by atoms with Gasteiger partial charge >= 0.3 is 0 Å². The summed E-state index contributed by atoms with van der Waals surface area (Å²) >= 11 is 0. The van der Waals surface area contributed by atoms with Gasteiger partial charge in [0.25, 0.3) is 0 Å². The maximum absolute atomic E-state index is 5.55. The number of nitrogens with two attached hydrogens (primary N) is 1. The minimum atomic E-state index is 0.372. The van der Waals surface area contributed by atoms with Crippen LogP contribution in [0.4, 0.5) is 5.82 Å². The third-order valence-corrected chi connectivity index (χ3v) is 2.69. The van der Waals surface area contributed by atoms with Gasteiger partial charge in [-0.1, -0.05) is 17.3 Å². The van der Waals surface area contributed by atoms with E-state index in [2.05, 4.69) is 10.1 Å². The van der Waals surface area contributed by atoms with Crippen molar-refractivity contribution in [3.05, 3.63) is 30.5 Å². The molecule has 0 aliphatic carbocycles. The van der Waals surface area contributed by atoms with E-state index < -0.39 is 0 Å². The van der Waals surface area contributed by atoms with Crippen molar-refractivity contribution in [1.29, 1.82) is 0 Å². The van der Waals surface area contributed by atoms with Gasteiger partial charge in [0, 0.05) is 23.2 Å². The largest absolute Gasteiger partial charge is 0.495 e. The summed E-state index contributed by atoms with van der Waals surface area (Å²) in [5, 5.41) is 4.69. The number of anilines is 1. The smallest absolute Gasteiger partial charge is 0.171 e. The van der Waals surface area contributed by atoms with Gasteiger partial charge in [-0.2, -0.15) is 0 Å². The summed E-state index contributed by atoms with van der Waals surface area (Å²) in [7, 11) is 1.64. The number of rotatable bonds is 2. The van der Waals surface area contributed by atoms with E-state index in [4.69, 9.17) is 15.0 Å². The number of nitrogen functional groups attached to an aromatic ring is 1. The molecule has 0 amide bonds. The Kier molecular flexibility index (Phi) is 2.04. The van der Waals surface area contributed by atoms with Crippen LogP contribution >= 0.6 is 0 Å². The number of ether oxygens (including phenoxy) is 1. The topological polar surface area (TPSA) is 77.1 Å². The molecule has 5 heteroatoms. The number of H-pyrrole nitrogens is 1. The zero-order valence-corrected chi connectivity index (χ0v) is 9.23. The van der Waals surface area contributed by atoms with E-state index in [9.17, 15) is 0 Å². The zero-order chi connectivity index (χ0) is 11.8. The van der Waals surface area contributed by atoms with Crippen molar-refractivity contribution in [2.75, 3.05) is 12.8 Å². The molecule has 3 N–H and O–H groups in total. The first-order chi connectivity index (χ1) is 8.29. The van der Waals surface area contributed by atoms with Crippen molar-refractivity contribution in [2.45, 2.75) is 0 Å². The van der Waals surface area contributed by atoms with Crippen LogP contribution in [-0.4, -0.2) is 17.3 Å². The highest BCUT2D eigenvalue weighted by atomic mass is 16.5. The highest BCUT2D eigenvalue weighted by Gasteiger charge is 2.12. The molecular weight excluding hydrogens is 218 g/mol. The third-order valence-electron chi connectivity index (χ3n) is 2.69. The second kappa shape index (κ2) is 3.55. The van der Waals surface area contributed by atoms with Crippen LogP contribution in [-0.2, 0) is 0 Å². The maximum Gasteiger partial charge on any atom is 0.171 e. The average Bonchev–Trinajstić information content (AvgIpc) is 2.94. The lowest BCUT2D eigenvalue weighted by molar-refractivity contribution is 0.419. The van der Waals surface area contributed by atoms with Gasteiger partial charge in [0.2, 0.25) is 0 Å². The number of fused-ring (bicyclic) bond motifs is 1. The SMILES string of the molecule is COc1cccc2c(-c3cc(N)no3)c[nH]c12. The predicted octanol–water partition coefficient (Wildman–Crippen LogP) is 2.41. The second-order valence-electron chi connectivity index (χ2n) is 3.70. The number of para-hydroxylation sites is 1. The zero-order valence-electron chi connectivity index (χ0n) is 9.23. The summed E-state index contributed by atoms with van der Waals surface area (Å²) in [6, 6.07) is 7.51. The highest BCUT2D eigenvalue weighted by Crippen LogP contribution is 2.33. The van der Waals surface area contributed by atoms with E-state index >= 15 is 0 Å². The van der Waals surface area contributed by atoms with E-state index in [1.807, 2.05) is 24.4 Å². The van der Waals surface area contributed by atoms with Gasteiger partial charge in [-0.05, 0) is 6.07 Å². The Morgan fingerprint density at radius 2 is 2.29 bits per heavy atom. The van der Waals surface area contributed by atoms with Crippen molar-refractivity contribution >= 4 is 16.7 Å². The maximum atomic E-state index is 5.55. The van der Waals surface area contributed by atoms with Crippen LogP contribution in [0.2, 0.25) is 0 Å². The van der Waals surface area contributed by atoms with E-state index in [-0.39, 0.29) is 0 Å². The Morgan fingerprint density at radius 3 is 3.00 bits per heavy atom. The van der Waals surface area contributed by atoms with E-state index in [1.54, 1.807) is 13.2 Å². The number of nitrogens with zero attached hydrogens (tertiary/aromatic N) is 1. The molecule has 0 atom stereocenters. The van der Waals surface area contributed by atoms with Gasteiger partial charge in [-0.3, -0.25) is 0 Å². The molecule has 3 rings (SSSR count). The normalized spacial score (nSPS) is 10.9. The molecule has 86 valence electrons. The molecule has 0 saturated carbocycles. The van der Waals surface area contributed by atoms with Gasteiger partial charge in [0.1, 0.15) is 5.75 Å². The summed E-state index contributed by atoms with van der Waals surface area (Å²) in [4.78, 5) is 3.16. The monoisotopic (exact) mass is 229 g/mol. The van der Waals surface area contributed by atoms with Crippen molar-refractivity contribution in [1.82, 2.24) is 10.1 Å². The summed E-state index contributed by atoms with van der Waals surface area (Å²) in [6.45, 7) is 0. The summed E-state index contributed by atoms with van der Waals surface area (Å²) < 4.78 is 10.4. The fourth-order valence-electron chi connectivity index (χ4n) is 1.92. The first kappa shape index (κ1) is 9.77. The lowest BCUT2D eigenvalue weighted by Crippen LogP contribution is -1.83. The number of hydrogen-bond acceptors (Lipinski definition) is 4. The number of benzene rings is 1. The Labute approximate surface area is 97.2 Å². The number of methoxy groups -OCH3 is 1. The number of nitrogens with one attached hydrogen (secondary N) is 1. The van der Waals surface area contributed by atoms with Crippen molar-refractivity contribution in [3.8, 4) is 17.1 Å². The summed E-state index contributed by atoms with van der Waals surface area (Å²) in [5.41, 5.74) is 7.40.